The third-order valence-corrected chi connectivity index (χ3v) is 5.95. The van der Waals surface area contributed by atoms with Crippen LogP contribution in [0.15, 0.2) is 57.4 Å². The van der Waals surface area contributed by atoms with Crippen molar-refractivity contribution >= 4 is 17.2 Å². The fourth-order valence-electron chi connectivity index (χ4n) is 3.66. The highest BCUT2D eigenvalue weighted by Crippen LogP contribution is 2.25. The largest absolute Gasteiger partial charge is 0.343 e. The topological polar surface area (TPSA) is 96.9 Å². The molecule has 4 rings (SSSR count). The first-order valence-electron chi connectivity index (χ1n) is 9.24. The lowest BCUT2D eigenvalue weighted by molar-refractivity contribution is -0.122. The third kappa shape index (κ3) is 3.52. The van der Waals surface area contributed by atoms with Gasteiger partial charge in [0.25, 0.3) is 5.56 Å². The summed E-state index contributed by atoms with van der Waals surface area (Å²) in [6.07, 6.45) is 1.23. The van der Waals surface area contributed by atoms with Crippen LogP contribution in [-0.2, 0) is 24.3 Å². The van der Waals surface area contributed by atoms with E-state index in [9.17, 15) is 19.6 Å². The smallest absolute Gasteiger partial charge is 0.331 e. The maximum absolute atomic E-state index is 12.8. The van der Waals surface area contributed by atoms with Gasteiger partial charge in [-0.15, -0.1) is 11.3 Å². The van der Waals surface area contributed by atoms with Gasteiger partial charge in [-0.05, 0) is 29.9 Å². The minimum Gasteiger partial charge on any atom is -0.343 e. The Labute approximate surface area is 170 Å². The highest BCUT2D eigenvalue weighted by atomic mass is 32.1. The molecule has 0 radical (unpaired) electrons. The van der Waals surface area contributed by atoms with Crippen molar-refractivity contribution in [2.24, 2.45) is 0 Å². The molecule has 0 bridgehead atoms. The minimum atomic E-state index is -0.701. The van der Waals surface area contributed by atoms with Crippen LogP contribution in [0.2, 0.25) is 0 Å². The summed E-state index contributed by atoms with van der Waals surface area (Å²) >= 11 is 1.51. The van der Waals surface area contributed by atoms with Crippen molar-refractivity contribution in [3.63, 3.8) is 0 Å². The maximum atomic E-state index is 12.8. The summed E-state index contributed by atoms with van der Waals surface area (Å²) in [5.74, 6) is -0.464. The van der Waals surface area contributed by atoms with Gasteiger partial charge in [0.05, 0.1) is 6.04 Å². The molecule has 3 aromatic rings. The molecule has 1 atom stereocenters. The van der Waals surface area contributed by atoms with Crippen molar-refractivity contribution in [1.29, 1.82) is 5.26 Å². The Bertz CT molecular complexity index is 1200. The van der Waals surface area contributed by atoms with Crippen LogP contribution < -0.4 is 16.6 Å². The predicted molar refractivity (Wildman–Crippen MR) is 109 cm³/mol. The van der Waals surface area contributed by atoms with Crippen molar-refractivity contribution in [2.75, 3.05) is 0 Å². The average molecular weight is 406 g/mol. The van der Waals surface area contributed by atoms with Crippen molar-refractivity contribution in [1.82, 2.24) is 14.5 Å². The molecule has 0 unspecified atom stereocenters. The zero-order valence-corrected chi connectivity index (χ0v) is 16.3. The molecule has 146 valence electrons. The number of nitriles is 1. The van der Waals surface area contributed by atoms with E-state index in [0.29, 0.717) is 25.1 Å². The van der Waals surface area contributed by atoms with Gasteiger partial charge < -0.3 is 5.32 Å². The molecule has 1 aliphatic heterocycles. The Morgan fingerprint density at radius 2 is 2.00 bits per heavy atom. The van der Waals surface area contributed by atoms with E-state index >= 15 is 0 Å². The second-order valence-corrected chi connectivity index (χ2v) is 7.77. The van der Waals surface area contributed by atoms with Crippen molar-refractivity contribution in [2.45, 2.75) is 32.0 Å². The van der Waals surface area contributed by atoms with Gasteiger partial charge in [-0.3, -0.25) is 14.2 Å². The number of nitrogens with zero attached hydrogens (tertiary/aromatic N) is 3. The van der Waals surface area contributed by atoms with Crippen molar-refractivity contribution < 1.29 is 4.79 Å². The van der Waals surface area contributed by atoms with Gasteiger partial charge in [0, 0.05) is 17.1 Å². The molecule has 0 fully saturated rings. The molecule has 7 nitrogen and oxygen atoms in total. The number of amides is 1. The molecule has 0 saturated heterocycles. The molecule has 3 heterocycles. The van der Waals surface area contributed by atoms with E-state index in [1.807, 2.05) is 53.9 Å². The van der Waals surface area contributed by atoms with E-state index in [-0.39, 0.29) is 11.6 Å². The van der Waals surface area contributed by atoms with E-state index in [0.717, 1.165) is 15.0 Å². The van der Waals surface area contributed by atoms with Crippen LogP contribution in [0.1, 0.15) is 34.2 Å². The molecule has 0 aliphatic carbocycles. The molecule has 1 aromatic carbocycles. The minimum absolute atomic E-state index is 0.0484. The lowest BCUT2D eigenvalue weighted by atomic mass is 10.1. The van der Waals surface area contributed by atoms with Gasteiger partial charge in [-0.25, -0.2) is 9.36 Å². The Hall–Kier alpha value is -3.44. The van der Waals surface area contributed by atoms with Gasteiger partial charge in [0.1, 0.15) is 18.2 Å². The Morgan fingerprint density at radius 1 is 1.21 bits per heavy atom. The standard InChI is InChI=1S/C21H18N4O3S/c22-12-15-16-8-4-10-24(16)21(28)25(20(15)27)13-18(26)23-19(17-9-5-11-29-17)14-6-2-1-3-7-14/h1-3,5-7,9,11,19H,4,8,10,13H2,(H,23,26)/t19-/m1/s1. The normalized spacial score (nSPS) is 13.5. The van der Waals surface area contributed by atoms with Crippen molar-refractivity contribution in [3.05, 3.63) is 90.4 Å². The van der Waals surface area contributed by atoms with Crippen molar-refractivity contribution in [3.8, 4) is 6.07 Å². The molecular formula is C21H18N4O3S. The lowest BCUT2D eigenvalue weighted by Crippen LogP contribution is -2.45. The summed E-state index contributed by atoms with van der Waals surface area (Å²) in [5.41, 5.74) is 0.0870. The summed E-state index contributed by atoms with van der Waals surface area (Å²) in [6.45, 7) is 0.0217. The number of thiophene rings is 1. The van der Waals surface area contributed by atoms with Gasteiger partial charge in [-0.2, -0.15) is 5.26 Å². The number of benzene rings is 1. The van der Waals surface area contributed by atoms with Crippen LogP contribution in [0.5, 0.6) is 0 Å². The summed E-state index contributed by atoms with van der Waals surface area (Å²) in [6, 6.07) is 14.8. The number of hydrogen-bond donors (Lipinski definition) is 1. The van der Waals surface area contributed by atoms with E-state index in [4.69, 9.17) is 0 Å². The number of fused-ring (bicyclic) bond motifs is 1. The second kappa shape index (κ2) is 7.89. The maximum Gasteiger partial charge on any atom is 0.331 e. The molecule has 1 aliphatic rings. The Kier molecular flexibility index (Phi) is 5.14. The third-order valence-electron chi connectivity index (χ3n) is 5.01. The molecule has 29 heavy (non-hydrogen) atoms. The number of carbonyl (C=O) groups excluding carboxylic acids is 1. The Morgan fingerprint density at radius 3 is 2.69 bits per heavy atom. The fraction of sp³-hybridized carbons (Fsp3) is 0.238. The SMILES string of the molecule is N#Cc1c2n(c(=O)n(CC(=O)N[C@H](c3ccccc3)c3cccs3)c1=O)CCC2. The zero-order valence-electron chi connectivity index (χ0n) is 15.5. The zero-order chi connectivity index (χ0) is 20.4. The van der Waals surface area contributed by atoms with Gasteiger partial charge >= 0.3 is 5.69 Å². The summed E-state index contributed by atoms with van der Waals surface area (Å²) in [7, 11) is 0. The van der Waals surface area contributed by atoms with E-state index in [2.05, 4.69) is 5.32 Å². The van der Waals surface area contributed by atoms with E-state index in [1.54, 1.807) is 0 Å². The van der Waals surface area contributed by atoms with Gasteiger partial charge in [0.15, 0.2) is 0 Å². The number of aromatic nitrogens is 2. The lowest BCUT2D eigenvalue weighted by Gasteiger charge is -2.19. The quantitative estimate of drug-likeness (QED) is 0.699. The number of carbonyl (C=O) groups is 1. The molecule has 1 N–H and O–H groups in total. The molecule has 8 heteroatoms. The summed E-state index contributed by atoms with van der Waals surface area (Å²) in [4.78, 5) is 39.1. The van der Waals surface area contributed by atoms with Crippen LogP contribution in [0, 0.1) is 11.3 Å². The average Bonchev–Trinajstić information content (AvgIpc) is 3.43. The van der Waals surface area contributed by atoms with Gasteiger partial charge in [0.2, 0.25) is 5.91 Å². The van der Waals surface area contributed by atoms with Crippen LogP contribution in [0.25, 0.3) is 0 Å². The molecule has 0 spiro atoms. The molecule has 1 amide bonds. The van der Waals surface area contributed by atoms with Crippen LogP contribution in [0.4, 0.5) is 0 Å². The predicted octanol–water partition coefficient (Wildman–Crippen LogP) is 1.80. The number of hydrogen-bond acceptors (Lipinski definition) is 5. The van der Waals surface area contributed by atoms with Crippen LogP contribution in [-0.4, -0.2) is 15.0 Å². The first-order valence-corrected chi connectivity index (χ1v) is 10.1. The van der Waals surface area contributed by atoms with E-state index in [1.165, 1.54) is 15.9 Å². The fourth-order valence-corrected chi connectivity index (χ4v) is 4.46. The Balaban J connectivity index is 1.66. The van der Waals surface area contributed by atoms with Crippen LogP contribution in [0.3, 0.4) is 0 Å². The molecule has 2 aromatic heterocycles. The van der Waals surface area contributed by atoms with Gasteiger partial charge in [-0.1, -0.05) is 36.4 Å². The molecule has 0 saturated carbocycles. The first kappa shape index (κ1) is 18.9. The number of nitrogens with one attached hydrogen (secondary N) is 1. The summed E-state index contributed by atoms with van der Waals surface area (Å²) < 4.78 is 2.29. The summed E-state index contributed by atoms with van der Waals surface area (Å²) in [5, 5.41) is 14.2. The number of rotatable bonds is 5. The highest BCUT2D eigenvalue weighted by Gasteiger charge is 2.24. The first-order chi connectivity index (χ1) is 14.1. The van der Waals surface area contributed by atoms with Crippen LogP contribution >= 0.6 is 11.3 Å². The second-order valence-electron chi connectivity index (χ2n) is 6.79. The highest BCUT2D eigenvalue weighted by molar-refractivity contribution is 7.10. The van der Waals surface area contributed by atoms with E-state index < -0.39 is 23.7 Å². The molecular weight excluding hydrogens is 388 g/mol. The monoisotopic (exact) mass is 406 g/mol.